The summed E-state index contributed by atoms with van der Waals surface area (Å²) in [6.07, 6.45) is 1.99. The Morgan fingerprint density at radius 1 is 1.09 bits per heavy atom. The number of methoxy groups -OCH3 is 1. The first-order chi connectivity index (χ1) is 16.8. The quantitative estimate of drug-likeness (QED) is 0.288. The summed E-state index contributed by atoms with van der Waals surface area (Å²) in [5.41, 5.74) is 5.42. The number of hydrogen-bond acceptors (Lipinski definition) is 4. The van der Waals surface area contributed by atoms with E-state index in [0.717, 1.165) is 22.0 Å². The van der Waals surface area contributed by atoms with E-state index in [0.29, 0.717) is 47.2 Å². The Kier molecular flexibility index (Phi) is 6.96. The van der Waals surface area contributed by atoms with Crippen LogP contribution in [0, 0.1) is 13.8 Å². The van der Waals surface area contributed by atoms with Crippen molar-refractivity contribution < 1.29 is 19.1 Å². The van der Waals surface area contributed by atoms with Gasteiger partial charge in [-0.1, -0.05) is 24.3 Å². The number of H-pyrrole nitrogens is 2. The second-order valence-corrected chi connectivity index (χ2v) is 8.58. The Hall–Kier alpha value is -4.00. The van der Waals surface area contributed by atoms with Gasteiger partial charge >= 0.3 is 0 Å². The van der Waals surface area contributed by atoms with Gasteiger partial charge in [-0.15, -0.1) is 0 Å². The molecule has 0 aliphatic carbocycles. The van der Waals surface area contributed by atoms with Gasteiger partial charge in [0.25, 0.3) is 5.91 Å². The molecule has 0 saturated heterocycles. The van der Waals surface area contributed by atoms with E-state index in [1.807, 2.05) is 56.4 Å². The number of nitrogens with one attached hydrogen (secondary N) is 3. The molecule has 4 aromatic rings. The van der Waals surface area contributed by atoms with Crippen LogP contribution in [0.3, 0.4) is 0 Å². The molecule has 4 rings (SSSR count). The molecule has 0 spiro atoms. The van der Waals surface area contributed by atoms with Crippen molar-refractivity contribution in [2.24, 2.45) is 0 Å². The van der Waals surface area contributed by atoms with E-state index in [4.69, 9.17) is 9.47 Å². The monoisotopic (exact) mass is 473 g/mol. The average Bonchev–Trinajstić information content (AvgIpc) is 3.40. The number of hydrogen-bond donors (Lipinski definition) is 3. The Bertz CT molecular complexity index is 1380. The third kappa shape index (κ3) is 4.67. The summed E-state index contributed by atoms with van der Waals surface area (Å²) < 4.78 is 11.3. The van der Waals surface area contributed by atoms with Gasteiger partial charge in [0.2, 0.25) is 0 Å². The zero-order chi connectivity index (χ0) is 25.1. The molecule has 3 N–H and O–H groups in total. The summed E-state index contributed by atoms with van der Waals surface area (Å²) in [6.45, 7) is 7.93. The molecule has 182 valence electrons. The Morgan fingerprint density at radius 2 is 1.86 bits per heavy atom. The Balaban J connectivity index is 1.70. The molecule has 2 aromatic heterocycles. The first-order valence-electron chi connectivity index (χ1n) is 11.7. The minimum atomic E-state index is -0.249. The van der Waals surface area contributed by atoms with Crippen LogP contribution in [0.5, 0.6) is 11.5 Å². The fourth-order valence-electron chi connectivity index (χ4n) is 4.75. The number of amides is 1. The van der Waals surface area contributed by atoms with Gasteiger partial charge in [-0.05, 0) is 62.6 Å². The van der Waals surface area contributed by atoms with Crippen LogP contribution in [0.2, 0.25) is 0 Å². The molecule has 1 unspecified atom stereocenters. The highest BCUT2D eigenvalue weighted by molar-refractivity contribution is 6.02. The van der Waals surface area contributed by atoms with Gasteiger partial charge in [0.05, 0.1) is 13.7 Å². The number of rotatable bonds is 9. The van der Waals surface area contributed by atoms with E-state index in [2.05, 4.69) is 21.4 Å². The molecule has 1 atom stereocenters. The number of aromatic nitrogens is 2. The third-order valence-electron chi connectivity index (χ3n) is 6.37. The van der Waals surface area contributed by atoms with E-state index >= 15 is 0 Å². The highest BCUT2D eigenvalue weighted by Crippen LogP contribution is 2.36. The van der Waals surface area contributed by atoms with Crippen LogP contribution in [0.25, 0.3) is 10.9 Å². The molecule has 7 heteroatoms. The standard InChI is InChI=1S/C28H31N3O4/c1-6-35-24-12-11-19(13-25(24)34-5)21(22-15-29-23-10-8-7-9-20(22)23)14-30-28(33)27-16(2)26(18(4)32)17(3)31-27/h7-13,15,21,29,31H,6,14H2,1-5H3,(H,30,33). The number of aromatic amines is 2. The molecule has 35 heavy (non-hydrogen) atoms. The van der Waals surface area contributed by atoms with Crippen LogP contribution in [-0.4, -0.2) is 41.9 Å². The summed E-state index contributed by atoms with van der Waals surface area (Å²) in [7, 11) is 1.62. The number of carbonyl (C=O) groups is 2. The fraction of sp³-hybridized carbons (Fsp3) is 0.286. The zero-order valence-electron chi connectivity index (χ0n) is 20.7. The van der Waals surface area contributed by atoms with Gasteiger partial charge in [0, 0.05) is 40.8 Å². The maximum Gasteiger partial charge on any atom is 0.268 e. The fourth-order valence-corrected chi connectivity index (χ4v) is 4.75. The number of ketones is 1. The minimum Gasteiger partial charge on any atom is -0.493 e. The van der Waals surface area contributed by atoms with Crippen molar-refractivity contribution in [1.82, 2.24) is 15.3 Å². The van der Waals surface area contributed by atoms with Gasteiger partial charge in [-0.3, -0.25) is 9.59 Å². The van der Waals surface area contributed by atoms with E-state index in [1.54, 1.807) is 14.0 Å². The van der Waals surface area contributed by atoms with Gasteiger partial charge in [-0.2, -0.15) is 0 Å². The van der Waals surface area contributed by atoms with Crippen LogP contribution < -0.4 is 14.8 Å². The number of carbonyl (C=O) groups excluding carboxylic acids is 2. The molecule has 0 aliphatic rings. The lowest BCUT2D eigenvalue weighted by Gasteiger charge is -2.20. The summed E-state index contributed by atoms with van der Waals surface area (Å²) in [4.78, 5) is 31.6. The molecule has 0 bridgehead atoms. The van der Waals surface area contributed by atoms with E-state index in [-0.39, 0.29) is 17.6 Å². The largest absolute Gasteiger partial charge is 0.493 e. The number of aryl methyl sites for hydroxylation is 1. The second kappa shape index (κ2) is 10.1. The number of ether oxygens (including phenoxy) is 2. The second-order valence-electron chi connectivity index (χ2n) is 8.58. The molecule has 0 saturated carbocycles. The summed E-state index contributed by atoms with van der Waals surface area (Å²) in [6, 6.07) is 14.0. The van der Waals surface area contributed by atoms with E-state index in [9.17, 15) is 9.59 Å². The lowest BCUT2D eigenvalue weighted by atomic mass is 9.90. The first-order valence-corrected chi connectivity index (χ1v) is 11.7. The highest BCUT2D eigenvalue weighted by Gasteiger charge is 2.24. The number of Topliss-reactive ketones (excluding diaryl/α,β-unsaturated/α-hetero) is 1. The Morgan fingerprint density at radius 3 is 2.54 bits per heavy atom. The van der Waals surface area contributed by atoms with E-state index < -0.39 is 0 Å². The van der Waals surface area contributed by atoms with Crippen LogP contribution in [0.15, 0.2) is 48.7 Å². The van der Waals surface area contributed by atoms with Crippen molar-refractivity contribution in [3.8, 4) is 11.5 Å². The normalized spacial score (nSPS) is 11.9. The number of benzene rings is 2. The maximum absolute atomic E-state index is 13.2. The molecule has 2 heterocycles. The van der Waals surface area contributed by atoms with Crippen molar-refractivity contribution in [1.29, 1.82) is 0 Å². The average molecular weight is 474 g/mol. The highest BCUT2D eigenvalue weighted by atomic mass is 16.5. The van der Waals surface area contributed by atoms with E-state index in [1.165, 1.54) is 6.92 Å². The van der Waals surface area contributed by atoms with Crippen molar-refractivity contribution in [2.45, 2.75) is 33.6 Å². The Labute approximate surface area is 204 Å². The van der Waals surface area contributed by atoms with Gasteiger partial charge in [0.1, 0.15) is 5.69 Å². The number of fused-ring (bicyclic) bond motifs is 1. The van der Waals surface area contributed by atoms with Crippen LogP contribution >= 0.6 is 0 Å². The topological polar surface area (TPSA) is 96.2 Å². The van der Waals surface area contributed by atoms with Gasteiger partial charge in [0.15, 0.2) is 17.3 Å². The SMILES string of the molecule is CCOc1ccc(C(CNC(=O)c2[nH]c(C)c(C(C)=O)c2C)c2c[nH]c3ccccc23)cc1OC. The maximum atomic E-state index is 13.2. The van der Waals surface area contributed by atoms with Gasteiger partial charge in [-0.25, -0.2) is 0 Å². The summed E-state index contributed by atoms with van der Waals surface area (Å²) >= 11 is 0. The predicted octanol–water partition coefficient (Wildman–Crippen LogP) is 5.28. The van der Waals surface area contributed by atoms with Crippen molar-refractivity contribution in [3.63, 3.8) is 0 Å². The molecule has 0 fully saturated rings. The van der Waals surface area contributed by atoms with Crippen molar-refractivity contribution >= 4 is 22.6 Å². The molecule has 7 nitrogen and oxygen atoms in total. The van der Waals surface area contributed by atoms with Crippen LogP contribution in [0.4, 0.5) is 0 Å². The molecule has 0 aliphatic heterocycles. The predicted molar refractivity (Wildman–Crippen MR) is 137 cm³/mol. The first kappa shape index (κ1) is 24.1. The van der Waals surface area contributed by atoms with Crippen molar-refractivity contribution in [2.75, 3.05) is 20.3 Å². The van der Waals surface area contributed by atoms with Crippen LogP contribution in [-0.2, 0) is 0 Å². The molecule has 2 aromatic carbocycles. The minimum absolute atomic E-state index is 0.0616. The third-order valence-corrected chi connectivity index (χ3v) is 6.37. The lowest BCUT2D eigenvalue weighted by Crippen LogP contribution is -2.29. The molecule has 0 radical (unpaired) electrons. The van der Waals surface area contributed by atoms with Crippen LogP contribution in [0.1, 0.15) is 63.0 Å². The smallest absolute Gasteiger partial charge is 0.268 e. The van der Waals surface area contributed by atoms with Gasteiger partial charge < -0.3 is 24.8 Å². The summed E-state index contributed by atoms with van der Waals surface area (Å²) in [5, 5.41) is 4.17. The molecular weight excluding hydrogens is 442 g/mol. The number of para-hydroxylation sites is 1. The lowest BCUT2D eigenvalue weighted by molar-refractivity contribution is 0.0947. The summed E-state index contributed by atoms with van der Waals surface area (Å²) in [5.74, 6) is 0.856. The molecule has 1 amide bonds. The van der Waals surface area contributed by atoms with Crippen molar-refractivity contribution in [3.05, 3.63) is 82.3 Å². The molecular formula is C28H31N3O4. The zero-order valence-corrected chi connectivity index (χ0v) is 20.7.